The lowest BCUT2D eigenvalue weighted by Crippen LogP contribution is -2.24. The van der Waals surface area contributed by atoms with Crippen LogP contribution in [0.15, 0.2) is 65.8 Å². The van der Waals surface area contributed by atoms with E-state index in [0.717, 1.165) is 15.0 Å². The molecule has 0 amide bonds. The van der Waals surface area contributed by atoms with Crippen molar-refractivity contribution in [1.82, 2.24) is 0 Å². The summed E-state index contributed by atoms with van der Waals surface area (Å²) in [5.41, 5.74) is -0.696. The predicted molar refractivity (Wildman–Crippen MR) is 113 cm³/mol. The summed E-state index contributed by atoms with van der Waals surface area (Å²) in [6.45, 7) is 7.08. The van der Waals surface area contributed by atoms with Gasteiger partial charge in [-0.2, -0.15) is 0 Å². The highest BCUT2D eigenvalue weighted by Crippen LogP contribution is 2.31. The van der Waals surface area contributed by atoms with E-state index in [4.69, 9.17) is 19.0 Å². The minimum absolute atomic E-state index is 0.188. The zero-order valence-electron chi connectivity index (χ0n) is 16.7. The molecule has 3 aromatic rings. The third-order valence-electron chi connectivity index (χ3n) is 3.66. The molecule has 0 fully saturated rings. The van der Waals surface area contributed by atoms with Crippen molar-refractivity contribution < 1.29 is 23.8 Å². The van der Waals surface area contributed by atoms with Crippen LogP contribution >= 0.6 is 11.3 Å². The minimum atomic E-state index is -0.940. The van der Waals surface area contributed by atoms with Crippen molar-refractivity contribution in [1.29, 1.82) is 0 Å². The van der Waals surface area contributed by atoms with Crippen molar-refractivity contribution in [3.63, 3.8) is 0 Å². The molecule has 0 saturated heterocycles. The molecule has 2 aromatic carbocycles. The molecular weight excluding hydrogens is 390 g/mol. The van der Waals surface area contributed by atoms with Crippen molar-refractivity contribution in [2.24, 2.45) is 5.16 Å². The maximum absolute atomic E-state index is 11.8. The SMILES string of the molecule is CC(O/C(=N/OC(=O)OC(C)(C)C)Oc1ccccc1)c1cc2ccccc2s1. The van der Waals surface area contributed by atoms with Gasteiger partial charge >= 0.3 is 12.2 Å². The molecule has 0 saturated carbocycles. The molecule has 0 spiro atoms. The van der Waals surface area contributed by atoms with Crippen LogP contribution in [-0.2, 0) is 14.3 Å². The topological polar surface area (TPSA) is 66.4 Å². The van der Waals surface area contributed by atoms with Crippen molar-refractivity contribution in [3.8, 4) is 5.75 Å². The first-order chi connectivity index (χ1) is 13.8. The van der Waals surface area contributed by atoms with E-state index in [1.807, 2.05) is 43.3 Å². The van der Waals surface area contributed by atoms with E-state index in [2.05, 4.69) is 17.3 Å². The van der Waals surface area contributed by atoms with Crippen LogP contribution in [0.25, 0.3) is 10.1 Å². The molecule has 1 atom stereocenters. The Labute approximate surface area is 173 Å². The summed E-state index contributed by atoms with van der Waals surface area (Å²) < 4.78 is 17.8. The number of oxime groups is 1. The van der Waals surface area contributed by atoms with Crippen LogP contribution in [-0.4, -0.2) is 17.8 Å². The normalized spacial score (nSPS) is 13.0. The molecule has 0 aliphatic carbocycles. The summed E-state index contributed by atoms with van der Waals surface area (Å²) in [4.78, 5) is 17.6. The Morgan fingerprint density at radius 2 is 1.72 bits per heavy atom. The molecule has 7 heteroatoms. The Balaban J connectivity index is 1.76. The second kappa shape index (κ2) is 8.96. The molecule has 0 radical (unpaired) electrons. The van der Waals surface area contributed by atoms with E-state index in [-0.39, 0.29) is 12.2 Å². The zero-order valence-corrected chi connectivity index (χ0v) is 17.6. The lowest BCUT2D eigenvalue weighted by atomic mass is 10.2. The van der Waals surface area contributed by atoms with E-state index in [0.29, 0.717) is 5.75 Å². The lowest BCUT2D eigenvalue weighted by Gasteiger charge is -2.18. The van der Waals surface area contributed by atoms with Crippen molar-refractivity contribution >= 4 is 33.7 Å². The van der Waals surface area contributed by atoms with Crippen LogP contribution in [0.4, 0.5) is 4.79 Å². The van der Waals surface area contributed by atoms with Crippen LogP contribution in [0, 0.1) is 0 Å². The fourth-order valence-electron chi connectivity index (χ4n) is 2.41. The zero-order chi connectivity index (χ0) is 20.9. The molecule has 29 heavy (non-hydrogen) atoms. The molecular formula is C22H23NO5S. The number of nitrogens with zero attached hydrogens (tertiary/aromatic N) is 1. The Hall–Kier alpha value is -3.06. The molecule has 6 nitrogen and oxygen atoms in total. The summed E-state index contributed by atoms with van der Waals surface area (Å²) in [5, 5.41) is 4.86. The van der Waals surface area contributed by atoms with Gasteiger partial charge in [0.05, 0.1) is 0 Å². The Morgan fingerprint density at radius 3 is 2.41 bits per heavy atom. The van der Waals surface area contributed by atoms with Gasteiger partial charge in [-0.3, -0.25) is 4.84 Å². The van der Waals surface area contributed by atoms with Crippen molar-refractivity contribution in [2.45, 2.75) is 39.4 Å². The summed E-state index contributed by atoms with van der Waals surface area (Å²) in [5.74, 6) is 0.502. The summed E-state index contributed by atoms with van der Waals surface area (Å²) in [6, 6.07) is 19.1. The van der Waals surface area contributed by atoms with E-state index in [9.17, 15) is 4.79 Å². The van der Waals surface area contributed by atoms with Gasteiger partial charge in [-0.25, -0.2) is 4.79 Å². The highest BCUT2D eigenvalue weighted by Gasteiger charge is 2.20. The third-order valence-corrected chi connectivity index (χ3v) is 4.93. The first kappa shape index (κ1) is 20.7. The second-order valence-corrected chi connectivity index (χ2v) is 8.39. The number of hydrogen-bond donors (Lipinski definition) is 0. The maximum atomic E-state index is 11.8. The predicted octanol–water partition coefficient (Wildman–Crippen LogP) is 6.28. The number of rotatable bonds is 4. The van der Waals surface area contributed by atoms with Crippen LogP contribution in [0.2, 0.25) is 0 Å². The molecule has 3 rings (SSSR count). The van der Waals surface area contributed by atoms with Gasteiger partial charge in [0.1, 0.15) is 17.5 Å². The first-order valence-corrected chi connectivity index (χ1v) is 9.98. The average molecular weight is 413 g/mol. The first-order valence-electron chi connectivity index (χ1n) is 9.16. The van der Waals surface area contributed by atoms with Gasteiger partial charge in [0.25, 0.3) is 0 Å². The lowest BCUT2D eigenvalue weighted by molar-refractivity contribution is -0.01000. The van der Waals surface area contributed by atoms with Gasteiger partial charge < -0.3 is 14.2 Å². The Morgan fingerprint density at radius 1 is 1.03 bits per heavy atom. The summed E-state index contributed by atoms with van der Waals surface area (Å²) in [7, 11) is 0. The van der Waals surface area contributed by atoms with E-state index in [1.54, 1.807) is 44.2 Å². The number of thiophene rings is 1. The monoisotopic (exact) mass is 413 g/mol. The largest absolute Gasteiger partial charge is 0.535 e. The summed E-state index contributed by atoms with van der Waals surface area (Å²) >= 11 is 1.62. The molecule has 0 aliphatic heterocycles. The van der Waals surface area contributed by atoms with Gasteiger partial charge in [0.2, 0.25) is 0 Å². The van der Waals surface area contributed by atoms with Crippen molar-refractivity contribution in [2.75, 3.05) is 0 Å². The number of ether oxygens (including phenoxy) is 3. The fourth-order valence-corrected chi connectivity index (χ4v) is 3.45. The molecule has 0 aliphatic rings. The van der Waals surface area contributed by atoms with Gasteiger partial charge in [0, 0.05) is 14.7 Å². The Bertz CT molecular complexity index is 958. The fraction of sp³-hybridized carbons (Fsp3) is 0.273. The third kappa shape index (κ3) is 6.22. The number of para-hydroxylation sites is 1. The summed E-state index contributed by atoms with van der Waals surface area (Å²) in [6.07, 6.45) is -1.49. The van der Waals surface area contributed by atoms with Crippen LogP contribution < -0.4 is 4.74 Å². The molecule has 152 valence electrons. The number of carbonyl (C=O) groups excluding carboxylic acids is 1. The van der Waals surface area contributed by atoms with E-state index in [1.165, 1.54) is 0 Å². The Kier molecular flexibility index (Phi) is 6.39. The van der Waals surface area contributed by atoms with Gasteiger partial charge in [-0.05, 0) is 57.3 Å². The number of hydrogen-bond acceptors (Lipinski definition) is 7. The maximum Gasteiger partial charge on any atom is 0.535 e. The van der Waals surface area contributed by atoms with Crippen molar-refractivity contribution in [3.05, 3.63) is 65.5 Å². The quantitative estimate of drug-likeness (QED) is 0.166. The average Bonchev–Trinajstić information content (AvgIpc) is 3.10. The molecule has 0 bridgehead atoms. The molecule has 1 heterocycles. The molecule has 1 aromatic heterocycles. The smallest absolute Gasteiger partial charge is 0.439 e. The second-order valence-electron chi connectivity index (χ2n) is 7.27. The number of carbonyl (C=O) groups is 1. The van der Waals surface area contributed by atoms with Crippen LogP contribution in [0.1, 0.15) is 38.7 Å². The highest BCUT2D eigenvalue weighted by molar-refractivity contribution is 7.19. The van der Waals surface area contributed by atoms with Gasteiger partial charge in [0.15, 0.2) is 0 Å². The van der Waals surface area contributed by atoms with Crippen LogP contribution in [0.5, 0.6) is 5.75 Å². The standard InChI is InChI=1S/C22H23NO5S/c1-15(19-14-16-10-8-9-13-18(16)29-19)25-20(26-17-11-6-5-7-12-17)23-28-21(24)27-22(2,3)4/h5-15H,1-4H3/b23-20-. The van der Waals surface area contributed by atoms with Gasteiger partial charge in [-0.15, -0.1) is 11.3 Å². The number of fused-ring (bicyclic) bond motifs is 1. The molecule has 0 N–H and O–H groups in total. The molecule has 1 unspecified atom stereocenters. The highest BCUT2D eigenvalue weighted by atomic mass is 32.1. The van der Waals surface area contributed by atoms with E-state index >= 15 is 0 Å². The minimum Gasteiger partial charge on any atom is -0.439 e. The number of benzene rings is 2. The van der Waals surface area contributed by atoms with Crippen LogP contribution in [0.3, 0.4) is 0 Å². The van der Waals surface area contributed by atoms with Gasteiger partial charge in [-0.1, -0.05) is 36.4 Å². The van der Waals surface area contributed by atoms with E-state index < -0.39 is 11.8 Å².